The van der Waals surface area contributed by atoms with Gasteiger partial charge in [-0.3, -0.25) is 4.79 Å². The van der Waals surface area contributed by atoms with Crippen LogP contribution in [0.5, 0.6) is 0 Å². The summed E-state index contributed by atoms with van der Waals surface area (Å²) in [5.74, 6) is 0.259. The molecule has 100 valence electrons. The minimum Gasteiger partial charge on any atom is -0.393 e. The Morgan fingerprint density at radius 2 is 2.33 bits per heavy atom. The Balaban J connectivity index is 2.26. The van der Waals surface area contributed by atoms with Crippen molar-refractivity contribution in [2.45, 2.75) is 25.9 Å². The number of anilines is 1. The maximum atomic E-state index is 11.8. The van der Waals surface area contributed by atoms with Crippen molar-refractivity contribution in [2.75, 3.05) is 18.0 Å². The number of hydrogen-bond acceptors (Lipinski definition) is 4. The Kier molecular flexibility index (Phi) is 4.07. The average Bonchev–Trinajstić information content (AvgIpc) is 2.36. The van der Waals surface area contributed by atoms with Crippen molar-refractivity contribution < 1.29 is 5.11 Å². The summed E-state index contributed by atoms with van der Waals surface area (Å²) < 4.78 is 1.86. The van der Waals surface area contributed by atoms with Crippen LogP contribution < -0.4 is 10.5 Å². The molecule has 18 heavy (non-hydrogen) atoms. The van der Waals surface area contributed by atoms with Gasteiger partial charge >= 0.3 is 0 Å². The fourth-order valence-electron chi connectivity index (χ4n) is 2.35. The van der Waals surface area contributed by atoms with E-state index in [-0.39, 0.29) is 17.6 Å². The molecule has 1 aliphatic rings. The van der Waals surface area contributed by atoms with E-state index < -0.39 is 0 Å². The molecule has 0 radical (unpaired) electrons. The van der Waals surface area contributed by atoms with Gasteiger partial charge in [0, 0.05) is 26.1 Å². The van der Waals surface area contributed by atoms with Gasteiger partial charge in [0.25, 0.3) is 5.56 Å². The largest absolute Gasteiger partial charge is 0.393 e. The number of halogens is 1. The van der Waals surface area contributed by atoms with Gasteiger partial charge in [-0.15, -0.1) is 0 Å². The number of nitrogens with zero attached hydrogens (tertiary/aromatic N) is 3. The lowest BCUT2D eigenvalue weighted by Gasteiger charge is -2.35. The van der Waals surface area contributed by atoms with E-state index >= 15 is 0 Å². The van der Waals surface area contributed by atoms with Crippen LogP contribution in [-0.2, 0) is 7.05 Å². The van der Waals surface area contributed by atoms with Gasteiger partial charge in [0.1, 0.15) is 4.47 Å². The number of aliphatic hydroxyl groups is 1. The molecule has 0 aliphatic carbocycles. The van der Waals surface area contributed by atoms with Gasteiger partial charge in [0.05, 0.1) is 18.0 Å². The van der Waals surface area contributed by atoms with Crippen molar-refractivity contribution in [1.82, 2.24) is 9.78 Å². The molecule has 1 fully saturated rings. The zero-order chi connectivity index (χ0) is 13.3. The van der Waals surface area contributed by atoms with Gasteiger partial charge in [-0.25, -0.2) is 4.68 Å². The molecule has 0 amide bonds. The third-order valence-electron chi connectivity index (χ3n) is 3.54. The predicted molar refractivity (Wildman–Crippen MR) is 73.8 cm³/mol. The van der Waals surface area contributed by atoms with Crippen LogP contribution in [0.4, 0.5) is 5.69 Å². The zero-order valence-corrected chi connectivity index (χ0v) is 12.2. The molecule has 2 rings (SSSR count). The Morgan fingerprint density at radius 1 is 1.61 bits per heavy atom. The van der Waals surface area contributed by atoms with Gasteiger partial charge < -0.3 is 10.0 Å². The molecule has 0 bridgehead atoms. The lowest BCUT2D eigenvalue weighted by atomic mass is 9.93. The summed E-state index contributed by atoms with van der Waals surface area (Å²) in [4.78, 5) is 13.9. The van der Waals surface area contributed by atoms with Gasteiger partial charge in [0.15, 0.2) is 0 Å². The fourth-order valence-corrected chi connectivity index (χ4v) is 2.95. The number of hydrogen-bond donors (Lipinski definition) is 1. The molecule has 2 unspecified atom stereocenters. The minimum absolute atomic E-state index is 0.133. The van der Waals surface area contributed by atoms with Crippen LogP contribution in [0, 0.1) is 5.92 Å². The van der Waals surface area contributed by atoms with E-state index in [0.717, 1.165) is 31.6 Å². The smallest absolute Gasteiger partial charge is 0.282 e. The van der Waals surface area contributed by atoms with Crippen LogP contribution in [-0.4, -0.2) is 34.1 Å². The van der Waals surface area contributed by atoms with E-state index in [0.29, 0.717) is 4.47 Å². The SMILES string of the molecule is CC(O)C1CCCN(c2cnn(C)c(=O)c2Br)C1. The molecule has 1 aliphatic heterocycles. The fraction of sp³-hybridized carbons (Fsp3) is 0.667. The number of piperidine rings is 1. The summed E-state index contributed by atoms with van der Waals surface area (Å²) in [5.41, 5.74) is 0.690. The van der Waals surface area contributed by atoms with Crippen LogP contribution in [0.2, 0.25) is 0 Å². The zero-order valence-electron chi connectivity index (χ0n) is 10.6. The Hall–Kier alpha value is -0.880. The van der Waals surface area contributed by atoms with Crippen LogP contribution in [0.25, 0.3) is 0 Å². The quantitative estimate of drug-likeness (QED) is 0.889. The lowest BCUT2D eigenvalue weighted by Crippen LogP contribution is -2.40. The van der Waals surface area contributed by atoms with Crippen LogP contribution in [0.15, 0.2) is 15.5 Å². The number of aryl methyl sites for hydroxylation is 1. The van der Waals surface area contributed by atoms with Crippen molar-refractivity contribution in [2.24, 2.45) is 13.0 Å². The summed E-state index contributed by atoms with van der Waals surface area (Å²) in [7, 11) is 1.63. The first-order chi connectivity index (χ1) is 8.50. The maximum absolute atomic E-state index is 11.8. The minimum atomic E-state index is -0.314. The first-order valence-electron chi connectivity index (χ1n) is 6.15. The monoisotopic (exact) mass is 315 g/mol. The van der Waals surface area contributed by atoms with Crippen molar-refractivity contribution in [1.29, 1.82) is 0 Å². The van der Waals surface area contributed by atoms with E-state index in [1.54, 1.807) is 13.2 Å². The van der Waals surface area contributed by atoms with Gasteiger partial charge in [0.2, 0.25) is 0 Å². The normalized spacial score (nSPS) is 22.0. The summed E-state index contributed by atoms with van der Waals surface area (Å²) in [6, 6.07) is 0. The average molecular weight is 316 g/mol. The summed E-state index contributed by atoms with van der Waals surface area (Å²) >= 11 is 3.35. The van der Waals surface area contributed by atoms with Crippen LogP contribution >= 0.6 is 15.9 Å². The topological polar surface area (TPSA) is 58.4 Å². The van der Waals surface area contributed by atoms with E-state index in [9.17, 15) is 9.90 Å². The Bertz CT molecular complexity index is 487. The highest BCUT2D eigenvalue weighted by Crippen LogP contribution is 2.28. The highest BCUT2D eigenvalue weighted by Gasteiger charge is 2.25. The van der Waals surface area contributed by atoms with Crippen molar-refractivity contribution in [3.8, 4) is 0 Å². The molecule has 1 aromatic heterocycles. The molecule has 1 saturated heterocycles. The number of aromatic nitrogens is 2. The second-order valence-corrected chi connectivity index (χ2v) is 5.65. The van der Waals surface area contributed by atoms with Gasteiger partial charge in [-0.1, -0.05) is 0 Å². The first-order valence-corrected chi connectivity index (χ1v) is 6.95. The molecule has 5 nitrogen and oxygen atoms in total. The third kappa shape index (κ3) is 2.59. The van der Waals surface area contributed by atoms with Gasteiger partial charge in [-0.2, -0.15) is 5.10 Å². The second kappa shape index (κ2) is 5.40. The predicted octanol–water partition coefficient (Wildman–Crippen LogP) is 1.14. The molecule has 6 heteroatoms. The summed E-state index contributed by atoms with van der Waals surface area (Å²) in [6.45, 7) is 3.49. The molecule has 1 aromatic rings. The Morgan fingerprint density at radius 3 is 3.00 bits per heavy atom. The first kappa shape index (κ1) is 13.5. The van der Waals surface area contributed by atoms with Crippen LogP contribution in [0.3, 0.4) is 0 Å². The summed E-state index contributed by atoms with van der Waals surface area (Å²) in [6.07, 6.45) is 3.45. The molecule has 2 atom stereocenters. The molecule has 0 aromatic carbocycles. The van der Waals surface area contributed by atoms with E-state index in [1.807, 2.05) is 6.92 Å². The van der Waals surface area contributed by atoms with Crippen LogP contribution in [0.1, 0.15) is 19.8 Å². The molecule has 1 N–H and O–H groups in total. The van der Waals surface area contributed by atoms with Crippen molar-refractivity contribution in [3.05, 3.63) is 21.0 Å². The maximum Gasteiger partial charge on any atom is 0.282 e. The molecule has 0 saturated carbocycles. The highest BCUT2D eigenvalue weighted by molar-refractivity contribution is 9.10. The second-order valence-electron chi connectivity index (χ2n) is 4.86. The molecular weight excluding hydrogens is 298 g/mol. The third-order valence-corrected chi connectivity index (χ3v) is 4.29. The molecule has 0 spiro atoms. The lowest BCUT2D eigenvalue weighted by molar-refractivity contribution is 0.115. The van der Waals surface area contributed by atoms with E-state index in [4.69, 9.17) is 0 Å². The standard InChI is InChI=1S/C12H18BrN3O2/c1-8(17)9-4-3-5-16(7-9)10-6-14-15(2)12(18)11(10)13/h6,8-9,17H,3-5,7H2,1-2H3. The van der Waals surface area contributed by atoms with Crippen molar-refractivity contribution >= 4 is 21.6 Å². The van der Waals surface area contributed by atoms with Crippen molar-refractivity contribution in [3.63, 3.8) is 0 Å². The number of rotatable bonds is 2. The highest BCUT2D eigenvalue weighted by atomic mass is 79.9. The Labute approximate surface area is 115 Å². The van der Waals surface area contributed by atoms with E-state index in [1.165, 1.54) is 4.68 Å². The van der Waals surface area contributed by atoms with E-state index in [2.05, 4.69) is 25.9 Å². The summed E-state index contributed by atoms with van der Waals surface area (Å²) in [5, 5.41) is 13.7. The number of aliphatic hydroxyl groups excluding tert-OH is 1. The van der Waals surface area contributed by atoms with Gasteiger partial charge in [-0.05, 0) is 35.7 Å². The molecule has 2 heterocycles. The molecular formula is C12H18BrN3O2.